The van der Waals surface area contributed by atoms with Crippen LogP contribution in [0.15, 0.2) is 59.6 Å². The van der Waals surface area contributed by atoms with E-state index in [-0.39, 0.29) is 18.5 Å². The van der Waals surface area contributed by atoms with E-state index in [0.29, 0.717) is 23.4 Å². The van der Waals surface area contributed by atoms with E-state index >= 15 is 0 Å². The van der Waals surface area contributed by atoms with Crippen LogP contribution in [0.2, 0.25) is 0 Å². The second-order valence-electron chi connectivity index (χ2n) is 11.5. The van der Waals surface area contributed by atoms with Crippen molar-refractivity contribution in [1.82, 2.24) is 19.4 Å². The number of hydrogen-bond acceptors (Lipinski definition) is 6. The Balaban J connectivity index is 1.33. The first kappa shape index (κ1) is 30.2. The number of sulfonamides is 1. The average molecular weight is 603 g/mol. The van der Waals surface area contributed by atoms with Crippen LogP contribution < -0.4 is 15.8 Å². The summed E-state index contributed by atoms with van der Waals surface area (Å²) in [4.78, 5) is 26.7. The van der Waals surface area contributed by atoms with Crippen LogP contribution in [0.5, 0.6) is 0 Å². The monoisotopic (exact) mass is 602 g/mol. The number of primary amides is 1. The lowest BCUT2D eigenvalue weighted by Gasteiger charge is -2.22. The highest BCUT2D eigenvalue weighted by atomic mass is 32.2. The molecule has 226 valence electrons. The molecule has 3 aromatic carbocycles. The van der Waals surface area contributed by atoms with Gasteiger partial charge >= 0.3 is 0 Å². The molecule has 1 aliphatic heterocycles. The predicted molar refractivity (Wildman–Crippen MR) is 168 cm³/mol. The van der Waals surface area contributed by atoms with Gasteiger partial charge in [0.05, 0.1) is 22.3 Å². The maximum Gasteiger partial charge on any atom is 0.254 e. The molecule has 5 rings (SSSR count). The zero-order chi connectivity index (χ0) is 31.1. The first-order valence-corrected chi connectivity index (χ1v) is 15.9. The number of aromatic nitrogens is 2. The minimum atomic E-state index is -3.69. The van der Waals surface area contributed by atoms with Gasteiger partial charge in [-0.3, -0.25) is 9.59 Å². The third-order valence-corrected chi connectivity index (χ3v) is 9.62. The smallest absolute Gasteiger partial charge is 0.254 e. The molecule has 2 atom stereocenters. The molecule has 4 aromatic rings. The fourth-order valence-electron chi connectivity index (χ4n) is 6.02. The van der Waals surface area contributed by atoms with Crippen molar-refractivity contribution < 1.29 is 18.0 Å². The molecule has 43 heavy (non-hydrogen) atoms. The van der Waals surface area contributed by atoms with Gasteiger partial charge in [0.2, 0.25) is 15.9 Å². The van der Waals surface area contributed by atoms with Gasteiger partial charge < -0.3 is 16.0 Å². The minimum absolute atomic E-state index is 0.196. The van der Waals surface area contributed by atoms with Crippen LogP contribution in [0.3, 0.4) is 0 Å². The van der Waals surface area contributed by atoms with Gasteiger partial charge in [0, 0.05) is 35.8 Å². The van der Waals surface area contributed by atoms with E-state index in [2.05, 4.69) is 15.1 Å². The molecular weight excluding hydrogens is 564 g/mol. The zero-order valence-corrected chi connectivity index (χ0v) is 26.0. The Labute approximate surface area is 252 Å². The number of carbonyl (C=O) groups is 2. The van der Waals surface area contributed by atoms with Gasteiger partial charge in [-0.15, -0.1) is 0 Å². The molecule has 1 fully saturated rings. The number of aryl methyl sites for hydroxylation is 4. The van der Waals surface area contributed by atoms with E-state index in [0.717, 1.165) is 51.0 Å². The van der Waals surface area contributed by atoms with Crippen molar-refractivity contribution >= 4 is 38.4 Å². The highest BCUT2D eigenvalue weighted by Gasteiger charge is 2.33. The van der Waals surface area contributed by atoms with Crippen molar-refractivity contribution in [2.45, 2.75) is 64.4 Å². The molecule has 10 nitrogen and oxygen atoms in total. The first-order valence-electron chi connectivity index (χ1n) is 14.4. The average Bonchev–Trinajstić information content (AvgIpc) is 3.59. The largest absolute Gasteiger partial charge is 0.381 e. The molecule has 1 saturated heterocycles. The standard InChI is InChI=1S/C32H38N6O4S/c1-19-13-21(3)30(22(4)14-19)43(41,42)35-17-23(5)36-27-15-20(2)16-29-26(27)18-34-38(29)25-10-8-24(9-11-25)32(40)37-12-6-7-28(37)31(33)39/h8-11,13-16,18,23,28,35-36H,6-7,12,17H2,1-5H3,(H2,33,39)/t23?,28-/m0/s1. The summed E-state index contributed by atoms with van der Waals surface area (Å²) >= 11 is 0. The number of fused-ring (bicyclic) bond motifs is 1. The lowest BCUT2D eigenvalue weighted by Crippen LogP contribution is -2.43. The van der Waals surface area contributed by atoms with Gasteiger partial charge in [-0.1, -0.05) is 17.7 Å². The fourth-order valence-corrected chi connectivity index (χ4v) is 7.60. The van der Waals surface area contributed by atoms with E-state index in [1.807, 2.05) is 71.0 Å². The Morgan fingerprint density at radius 1 is 1.02 bits per heavy atom. The lowest BCUT2D eigenvalue weighted by atomic mass is 10.1. The summed E-state index contributed by atoms with van der Waals surface area (Å²) in [5, 5.41) is 8.96. The molecule has 0 spiro atoms. The minimum Gasteiger partial charge on any atom is -0.381 e. The summed E-state index contributed by atoms with van der Waals surface area (Å²) in [6.07, 6.45) is 3.11. The summed E-state index contributed by atoms with van der Waals surface area (Å²) in [6, 6.07) is 14.2. The SMILES string of the molecule is Cc1cc(C)c(S(=O)(=O)NCC(C)Nc2cc(C)cc3c2cnn3-c2ccc(C(=O)N3CCC[C@H]3C(N)=O)cc2)c(C)c1. The predicted octanol–water partition coefficient (Wildman–Crippen LogP) is 4.13. The number of likely N-dealkylation sites (tertiary alicyclic amines) is 1. The van der Waals surface area contributed by atoms with E-state index < -0.39 is 22.0 Å². The van der Waals surface area contributed by atoms with Crippen molar-refractivity contribution in [2.24, 2.45) is 5.73 Å². The van der Waals surface area contributed by atoms with Crippen molar-refractivity contribution in [1.29, 1.82) is 0 Å². The van der Waals surface area contributed by atoms with E-state index in [4.69, 9.17) is 5.73 Å². The number of amides is 2. The Bertz CT molecular complexity index is 1790. The van der Waals surface area contributed by atoms with E-state index in [1.54, 1.807) is 27.9 Å². The second-order valence-corrected chi connectivity index (χ2v) is 13.2. The lowest BCUT2D eigenvalue weighted by molar-refractivity contribution is -0.121. The van der Waals surface area contributed by atoms with Crippen LogP contribution in [0.1, 0.15) is 52.4 Å². The molecule has 2 heterocycles. The Morgan fingerprint density at radius 3 is 2.33 bits per heavy atom. The topological polar surface area (TPSA) is 139 Å². The Hall–Kier alpha value is -4.22. The highest BCUT2D eigenvalue weighted by molar-refractivity contribution is 7.89. The number of nitrogens with one attached hydrogen (secondary N) is 2. The molecule has 2 amide bonds. The van der Waals surface area contributed by atoms with Crippen LogP contribution in [0.25, 0.3) is 16.6 Å². The molecule has 0 radical (unpaired) electrons. The molecule has 11 heteroatoms. The number of benzene rings is 3. The van der Waals surface area contributed by atoms with Crippen LogP contribution in [-0.2, 0) is 14.8 Å². The molecule has 1 aromatic heterocycles. The van der Waals surface area contributed by atoms with Gasteiger partial charge in [-0.2, -0.15) is 5.10 Å². The summed E-state index contributed by atoms with van der Waals surface area (Å²) < 4.78 is 30.9. The van der Waals surface area contributed by atoms with Crippen LogP contribution in [-0.4, -0.2) is 60.1 Å². The van der Waals surface area contributed by atoms with Gasteiger partial charge in [0.25, 0.3) is 5.91 Å². The van der Waals surface area contributed by atoms with Gasteiger partial charge in [0.15, 0.2) is 0 Å². The number of rotatable bonds is 9. The maximum atomic E-state index is 13.2. The number of anilines is 1. The normalized spacial score (nSPS) is 16.0. The van der Waals surface area contributed by atoms with Crippen molar-refractivity contribution in [2.75, 3.05) is 18.4 Å². The van der Waals surface area contributed by atoms with E-state index in [1.165, 1.54) is 0 Å². The molecule has 1 unspecified atom stereocenters. The summed E-state index contributed by atoms with van der Waals surface area (Å²) in [7, 11) is -3.69. The number of nitrogens with two attached hydrogens (primary N) is 1. The van der Waals surface area contributed by atoms with Crippen molar-refractivity contribution in [3.05, 3.63) is 82.5 Å². The summed E-state index contributed by atoms with van der Waals surface area (Å²) in [6.45, 7) is 10.2. The van der Waals surface area contributed by atoms with Crippen LogP contribution in [0, 0.1) is 27.7 Å². The molecule has 1 aliphatic rings. The molecular formula is C32H38N6O4S. The van der Waals surface area contributed by atoms with E-state index in [9.17, 15) is 18.0 Å². The van der Waals surface area contributed by atoms with Crippen molar-refractivity contribution in [3.63, 3.8) is 0 Å². The number of hydrogen-bond donors (Lipinski definition) is 3. The van der Waals surface area contributed by atoms with Crippen molar-refractivity contribution in [3.8, 4) is 5.69 Å². The fraction of sp³-hybridized carbons (Fsp3) is 0.344. The summed E-state index contributed by atoms with van der Waals surface area (Å²) in [5.74, 6) is -0.689. The second kappa shape index (κ2) is 11.8. The molecule has 4 N–H and O–H groups in total. The third kappa shape index (κ3) is 6.14. The van der Waals surface area contributed by atoms with Gasteiger partial charge in [0.1, 0.15) is 6.04 Å². The Kier molecular flexibility index (Phi) is 8.31. The van der Waals surface area contributed by atoms with Crippen LogP contribution >= 0.6 is 0 Å². The van der Waals surface area contributed by atoms with Gasteiger partial charge in [-0.05, 0) is 101 Å². The number of carbonyl (C=O) groups excluding carboxylic acids is 2. The Morgan fingerprint density at radius 2 is 1.67 bits per heavy atom. The molecule has 0 saturated carbocycles. The summed E-state index contributed by atoms with van der Waals surface area (Å²) in [5.41, 5.74) is 12.0. The molecule has 0 aliphatic carbocycles. The highest BCUT2D eigenvalue weighted by Crippen LogP contribution is 2.29. The van der Waals surface area contributed by atoms with Gasteiger partial charge in [-0.25, -0.2) is 17.8 Å². The van der Waals surface area contributed by atoms with Crippen LogP contribution in [0.4, 0.5) is 5.69 Å². The maximum absolute atomic E-state index is 13.2. The quantitative estimate of drug-likeness (QED) is 0.263. The number of nitrogens with zero attached hydrogens (tertiary/aromatic N) is 3. The molecule has 0 bridgehead atoms. The zero-order valence-electron chi connectivity index (χ0n) is 25.1. The first-order chi connectivity index (χ1) is 20.4. The third-order valence-electron chi connectivity index (χ3n) is 7.89.